The highest BCUT2D eigenvalue weighted by atomic mass is 32.2. The van der Waals surface area contributed by atoms with Gasteiger partial charge >= 0.3 is 0 Å². The predicted octanol–water partition coefficient (Wildman–Crippen LogP) is 0.204. The standard InChI is InChI=1S/C15H22N2O5S/c1-22-13-4-6-14(7-5-13)23(20,21)17-9-2-3-12(11-17)15(19)16-8-10-18/h4-7,12,18H,2-3,8-11H2,1H3,(H,16,19)/t12-/m0/s1. The van der Waals surface area contributed by atoms with Gasteiger partial charge in [-0.25, -0.2) is 8.42 Å². The lowest BCUT2D eigenvalue weighted by Crippen LogP contribution is -2.45. The lowest BCUT2D eigenvalue weighted by atomic mass is 9.99. The van der Waals surface area contributed by atoms with Crippen LogP contribution in [0.5, 0.6) is 5.75 Å². The van der Waals surface area contributed by atoms with E-state index < -0.39 is 10.0 Å². The first-order valence-corrected chi connectivity index (χ1v) is 8.96. The maximum Gasteiger partial charge on any atom is 0.243 e. The molecule has 0 bridgehead atoms. The Morgan fingerprint density at radius 2 is 2.09 bits per heavy atom. The van der Waals surface area contributed by atoms with E-state index >= 15 is 0 Å². The van der Waals surface area contributed by atoms with E-state index in [9.17, 15) is 13.2 Å². The van der Waals surface area contributed by atoms with E-state index in [4.69, 9.17) is 9.84 Å². The molecule has 8 heteroatoms. The number of aliphatic hydroxyl groups excluding tert-OH is 1. The Kier molecular flexibility index (Phi) is 5.97. The molecule has 0 saturated carbocycles. The molecule has 1 saturated heterocycles. The number of nitrogens with one attached hydrogen (secondary N) is 1. The summed E-state index contributed by atoms with van der Waals surface area (Å²) in [5.41, 5.74) is 0. The van der Waals surface area contributed by atoms with E-state index in [1.807, 2.05) is 0 Å². The topological polar surface area (TPSA) is 95.9 Å². The Morgan fingerprint density at radius 1 is 1.39 bits per heavy atom. The van der Waals surface area contributed by atoms with Crippen LogP contribution < -0.4 is 10.1 Å². The lowest BCUT2D eigenvalue weighted by Gasteiger charge is -2.31. The number of ether oxygens (including phenoxy) is 1. The van der Waals surface area contributed by atoms with Crippen molar-refractivity contribution in [3.05, 3.63) is 24.3 Å². The maximum atomic E-state index is 12.7. The van der Waals surface area contributed by atoms with Crippen molar-refractivity contribution in [2.24, 2.45) is 5.92 Å². The van der Waals surface area contributed by atoms with Crippen LogP contribution in [0.3, 0.4) is 0 Å². The molecular formula is C15H22N2O5S. The van der Waals surface area contributed by atoms with Gasteiger partial charge in [0.05, 0.1) is 24.5 Å². The molecule has 1 amide bonds. The van der Waals surface area contributed by atoms with Crippen molar-refractivity contribution in [2.45, 2.75) is 17.7 Å². The highest BCUT2D eigenvalue weighted by molar-refractivity contribution is 7.89. The summed E-state index contributed by atoms with van der Waals surface area (Å²) in [6.07, 6.45) is 1.28. The SMILES string of the molecule is COc1ccc(S(=O)(=O)N2CCC[C@H](C(=O)NCCO)C2)cc1. The normalized spacial score (nSPS) is 19.3. The van der Waals surface area contributed by atoms with Crippen LogP contribution in [0.4, 0.5) is 0 Å². The molecule has 0 radical (unpaired) electrons. The highest BCUT2D eigenvalue weighted by Crippen LogP contribution is 2.25. The van der Waals surface area contributed by atoms with Gasteiger partial charge in [-0.05, 0) is 37.1 Å². The average Bonchev–Trinajstić information content (AvgIpc) is 2.59. The van der Waals surface area contributed by atoms with Crippen LogP contribution in [-0.2, 0) is 14.8 Å². The van der Waals surface area contributed by atoms with E-state index in [2.05, 4.69) is 5.32 Å². The van der Waals surface area contributed by atoms with Gasteiger partial charge in [-0.15, -0.1) is 0 Å². The molecular weight excluding hydrogens is 320 g/mol. The first-order chi connectivity index (χ1) is 11.0. The van der Waals surface area contributed by atoms with Gasteiger partial charge in [-0.2, -0.15) is 4.31 Å². The Labute approximate surface area is 136 Å². The third-order valence-electron chi connectivity index (χ3n) is 3.86. The van der Waals surface area contributed by atoms with Crippen LogP contribution in [-0.4, -0.2) is 57.1 Å². The number of sulfonamides is 1. The fraction of sp³-hybridized carbons (Fsp3) is 0.533. The van der Waals surface area contributed by atoms with Crippen molar-refractivity contribution in [1.29, 1.82) is 0 Å². The third kappa shape index (κ3) is 4.21. The zero-order chi connectivity index (χ0) is 16.9. The molecule has 0 spiro atoms. The smallest absolute Gasteiger partial charge is 0.243 e. The minimum absolute atomic E-state index is 0.133. The number of hydrogen-bond donors (Lipinski definition) is 2. The van der Waals surface area contributed by atoms with E-state index in [0.717, 1.165) is 0 Å². The summed E-state index contributed by atoms with van der Waals surface area (Å²) < 4.78 is 31.7. The molecule has 1 aromatic carbocycles. The minimum atomic E-state index is -3.63. The van der Waals surface area contributed by atoms with Gasteiger partial charge in [0, 0.05) is 19.6 Å². The molecule has 2 rings (SSSR count). The summed E-state index contributed by atoms with van der Waals surface area (Å²) in [5.74, 6) is -0.0131. The van der Waals surface area contributed by atoms with Crippen molar-refractivity contribution in [1.82, 2.24) is 9.62 Å². The number of benzene rings is 1. The summed E-state index contributed by atoms with van der Waals surface area (Å²) in [4.78, 5) is 12.2. The van der Waals surface area contributed by atoms with Crippen molar-refractivity contribution in [3.63, 3.8) is 0 Å². The first kappa shape index (κ1) is 17.7. The fourth-order valence-electron chi connectivity index (χ4n) is 2.59. The van der Waals surface area contributed by atoms with Gasteiger partial charge in [-0.1, -0.05) is 0 Å². The van der Waals surface area contributed by atoms with Crippen LogP contribution >= 0.6 is 0 Å². The molecule has 1 heterocycles. The van der Waals surface area contributed by atoms with Crippen molar-refractivity contribution < 1.29 is 23.1 Å². The number of carbonyl (C=O) groups is 1. The van der Waals surface area contributed by atoms with Crippen molar-refractivity contribution >= 4 is 15.9 Å². The fourth-order valence-corrected chi connectivity index (χ4v) is 4.12. The second kappa shape index (κ2) is 7.76. The molecule has 2 N–H and O–H groups in total. The number of piperidine rings is 1. The van der Waals surface area contributed by atoms with Gasteiger partial charge in [0.1, 0.15) is 5.75 Å². The molecule has 0 unspecified atom stereocenters. The zero-order valence-electron chi connectivity index (χ0n) is 13.1. The first-order valence-electron chi connectivity index (χ1n) is 7.52. The maximum absolute atomic E-state index is 12.7. The quantitative estimate of drug-likeness (QED) is 0.770. The monoisotopic (exact) mass is 342 g/mol. The molecule has 1 fully saturated rings. The molecule has 1 atom stereocenters. The Balaban J connectivity index is 2.10. The summed E-state index contributed by atoms with van der Waals surface area (Å²) in [7, 11) is -2.11. The number of nitrogens with zero attached hydrogens (tertiary/aromatic N) is 1. The summed E-state index contributed by atoms with van der Waals surface area (Å²) >= 11 is 0. The zero-order valence-corrected chi connectivity index (χ0v) is 13.9. The van der Waals surface area contributed by atoms with Gasteiger partial charge in [0.25, 0.3) is 0 Å². The number of aliphatic hydroxyl groups is 1. The van der Waals surface area contributed by atoms with E-state index in [1.54, 1.807) is 12.1 Å². The molecule has 23 heavy (non-hydrogen) atoms. The highest BCUT2D eigenvalue weighted by Gasteiger charge is 2.33. The van der Waals surface area contributed by atoms with E-state index in [0.29, 0.717) is 25.1 Å². The molecule has 0 aromatic heterocycles. The number of rotatable bonds is 6. The van der Waals surface area contributed by atoms with Crippen molar-refractivity contribution in [3.8, 4) is 5.75 Å². The number of methoxy groups -OCH3 is 1. The second-order valence-electron chi connectivity index (χ2n) is 5.39. The number of carbonyl (C=O) groups excluding carboxylic acids is 1. The van der Waals surface area contributed by atoms with Gasteiger partial charge in [-0.3, -0.25) is 4.79 Å². The van der Waals surface area contributed by atoms with E-state index in [-0.39, 0.29) is 36.4 Å². The Morgan fingerprint density at radius 3 is 2.70 bits per heavy atom. The molecule has 1 aliphatic rings. The van der Waals surface area contributed by atoms with Gasteiger partial charge in [0.2, 0.25) is 15.9 Å². The van der Waals surface area contributed by atoms with Crippen molar-refractivity contribution in [2.75, 3.05) is 33.4 Å². The van der Waals surface area contributed by atoms with Gasteiger partial charge in [0.15, 0.2) is 0 Å². The van der Waals surface area contributed by atoms with Crippen LogP contribution in [0, 0.1) is 5.92 Å². The minimum Gasteiger partial charge on any atom is -0.497 e. The molecule has 7 nitrogen and oxygen atoms in total. The summed E-state index contributed by atoms with van der Waals surface area (Å²) in [5, 5.41) is 11.4. The number of hydrogen-bond acceptors (Lipinski definition) is 5. The van der Waals surface area contributed by atoms with Crippen LogP contribution in [0.15, 0.2) is 29.2 Å². The second-order valence-corrected chi connectivity index (χ2v) is 7.33. The average molecular weight is 342 g/mol. The number of amides is 1. The third-order valence-corrected chi connectivity index (χ3v) is 5.74. The molecule has 0 aliphatic carbocycles. The van der Waals surface area contributed by atoms with Crippen LogP contribution in [0.1, 0.15) is 12.8 Å². The lowest BCUT2D eigenvalue weighted by molar-refractivity contribution is -0.126. The predicted molar refractivity (Wildman–Crippen MR) is 84.6 cm³/mol. The van der Waals surface area contributed by atoms with Gasteiger partial charge < -0.3 is 15.2 Å². The van der Waals surface area contributed by atoms with Crippen LogP contribution in [0.2, 0.25) is 0 Å². The largest absolute Gasteiger partial charge is 0.497 e. The summed E-state index contributed by atoms with van der Waals surface area (Å²) in [6.45, 7) is 0.608. The molecule has 1 aromatic rings. The van der Waals surface area contributed by atoms with E-state index in [1.165, 1.54) is 23.5 Å². The summed E-state index contributed by atoms with van der Waals surface area (Å²) in [6, 6.07) is 6.21. The van der Waals surface area contributed by atoms with Crippen LogP contribution in [0.25, 0.3) is 0 Å². The Bertz CT molecular complexity index is 630. The molecule has 1 aliphatic heterocycles. The Hall–Kier alpha value is -1.64. The molecule has 128 valence electrons.